The Hall–Kier alpha value is -7.29. The SMILES string of the molecule is O=C(Cc1ccccc1O)NCCCNC(=O)c1cc(-c2ccc(-c3cc(F)cc(C(=O)NCCCNC(=O)c4cc(-c5ccccc5)[nH]n4)c3O)cc2)[nH]n1. The van der Waals surface area contributed by atoms with Gasteiger partial charge >= 0.3 is 0 Å². The maximum absolute atomic E-state index is 14.7. The van der Waals surface area contributed by atoms with E-state index in [1.807, 2.05) is 30.3 Å². The second kappa shape index (κ2) is 18.2. The Morgan fingerprint density at radius 3 is 1.71 bits per heavy atom. The molecule has 2 heterocycles. The van der Waals surface area contributed by atoms with E-state index in [0.717, 1.165) is 17.7 Å². The van der Waals surface area contributed by atoms with Crippen LogP contribution in [0.2, 0.25) is 0 Å². The number of nitrogens with zero attached hydrogens (tertiary/aromatic N) is 2. The molecule has 286 valence electrons. The Balaban J connectivity index is 0.954. The first-order valence-electron chi connectivity index (χ1n) is 17.8. The van der Waals surface area contributed by atoms with E-state index in [1.54, 1.807) is 54.6 Å². The zero-order chi connectivity index (χ0) is 39.4. The van der Waals surface area contributed by atoms with Gasteiger partial charge in [0.15, 0.2) is 11.4 Å². The first kappa shape index (κ1) is 38.4. The van der Waals surface area contributed by atoms with Crippen LogP contribution in [0.1, 0.15) is 49.7 Å². The number of aromatic hydroxyl groups is 2. The fourth-order valence-electron chi connectivity index (χ4n) is 5.79. The lowest BCUT2D eigenvalue weighted by Gasteiger charge is -2.12. The molecule has 0 radical (unpaired) electrons. The smallest absolute Gasteiger partial charge is 0.271 e. The molecular weight excluding hydrogens is 719 g/mol. The molecule has 0 saturated heterocycles. The van der Waals surface area contributed by atoms with Crippen LogP contribution >= 0.6 is 0 Å². The van der Waals surface area contributed by atoms with Crippen LogP contribution in [0.25, 0.3) is 33.6 Å². The number of hydrogen-bond donors (Lipinski definition) is 8. The lowest BCUT2D eigenvalue weighted by Crippen LogP contribution is -2.30. The second-order valence-corrected chi connectivity index (χ2v) is 12.8. The van der Waals surface area contributed by atoms with Gasteiger partial charge in [-0.25, -0.2) is 4.39 Å². The van der Waals surface area contributed by atoms with Crippen molar-refractivity contribution in [2.75, 3.05) is 26.2 Å². The molecule has 0 spiro atoms. The van der Waals surface area contributed by atoms with Crippen LogP contribution in [0, 0.1) is 5.82 Å². The number of amides is 4. The topological polar surface area (TPSA) is 214 Å². The number of aromatic amines is 2. The molecule has 4 aromatic carbocycles. The number of phenols is 2. The van der Waals surface area contributed by atoms with Crippen LogP contribution in [0.5, 0.6) is 11.5 Å². The second-order valence-electron chi connectivity index (χ2n) is 12.8. The van der Waals surface area contributed by atoms with E-state index in [1.165, 1.54) is 6.07 Å². The number of hydrogen-bond acceptors (Lipinski definition) is 8. The molecule has 0 unspecified atom stereocenters. The highest BCUT2D eigenvalue weighted by molar-refractivity contribution is 5.99. The molecule has 4 amide bonds. The van der Waals surface area contributed by atoms with E-state index >= 15 is 0 Å². The molecule has 56 heavy (non-hydrogen) atoms. The molecule has 6 aromatic rings. The number of phenolic OH excluding ortho intramolecular Hbond substituents is 2. The Kier molecular flexibility index (Phi) is 12.5. The highest BCUT2D eigenvalue weighted by atomic mass is 19.1. The number of carbonyl (C=O) groups is 4. The Morgan fingerprint density at radius 1 is 0.589 bits per heavy atom. The minimum Gasteiger partial charge on any atom is -0.508 e. The molecule has 0 atom stereocenters. The van der Waals surface area contributed by atoms with Gasteiger partial charge in [0.05, 0.1) is 23.4 Å². The third-order valence-electron chi connectivity index (χ3n) is 8.76. The molecule has 0 bridgehead atoms. The summed E-state index contributed by atoms with van der Waals surface area (Å²) in [7, 11) is 0. The summed E-state index contributed by atoms with van der Waals surface area (Å²) in [5.74, 6) is -2.75. The summed E-state index contributed by atoms with van der Waals surface area (Å²) in [5, 5.41) is 45.6. The number of benzene rings is 4. The number of carbonyl (C=O) groups excluding carboxylic acids is 4. The number of halogens is 1. The van der Waals surface area contributed by atoms with Crippen molar-refractivity contribution in [1.82, 2.24) is 41.7 Å². The van der Waals surface area contributed by atoms with Gasteiger partial charge in [-0.1, -0.05) is 72.8 Å². The zero-order valence-corrected chi connectivity index (χ0v) is 30.1. The van der Waals surface area contributed by atoms with E-state index in [0.29, 0.717) is 54.0 Å². The Bertz CT molecular complexity index is 2320. The summed E-state index contributed by atoms with van der Waals surface area (Å²) in [4.78, 5) is 50.3. The zero-order valence-electron chi connectivity index (χ0n) is 30.1. The van der Waals surface area contributed by atoms with Crippen molar-refractivity contribution in [3.8, 4) is 45.1 Å². The molecule has 0 aliphatic carbocycles. The van der Waals surface area contributed by atoms with Crippen molar-refractivity contribution in [3.63, 3.8) is 0 Å². The van der Waals surface area contributed by atoms with Gasteiger partial charge in [0, 0.05) is 37.3 Å². The first-order chi connectivity index (χ1) is 27.2. The minimum atomic E-state index is -0.716. The minimum absolute atomic E-state index is 0.0497. The van der Waals surface area contributed by atoms with Gasteiger partial charge in [-0.3, -0.25) is 29.4 Å². The van der Waals surface area contributed by atoms with Crippen LogP contribution in [-0.4, -0.2) is 80.4 Å². The average Bonchev–Trinajstić information content (AvgIpc) is 3.91. The molecule has 0 saturated carbocycles. The molecule has 0 fully saturated rings. The maximum Gasteiger partial charge on any atom is 0.271 e. The third-order valence-corrected chi connectivity index (χ3v) is 8.76. The molecule has 0 aliphatic rings. The van der Waals surface area contributed by atoms with Gasteiger partial charge in [-0.15, -0.1) is 0 Å². The van der Waals surface area contributed by atoms with Crippen molar-refractivity contribution in [3.05, 3.63) is 131 Å². The summed E-state index contributed by atoms with van der Waals surface area (Å²) < 4.78 is 14.7. The van der Waals surface area contributed by atoms with E-state index < -0.39 is 23.4 Å². The molecule has 0 aliphatic heterocycles. The Morgan fingerprint density at radius 2 is 1.11 bits per heavy atom. The van der Waals surface area contributed by atoms with E-state index in [4.69, 9.17) is 0 Å². The maximum atomic E-state index is 14.7. The van der Waals surface area contributed by atoms with Crippen molar-refractivity contribution < 1.29 is 33.8 Å². The molecule has 15 heteroatoms. The van der Waals surface area contributed by atoms with Crippen molar-refractivity contribution in [2.45, 2.75) is 19.3 Å². The standard InChI is InChI=1S/C41H39FN8O6/c42-29-21-30(38(53)31(22-29)39(54)44-17-7-19-46-40(55)34-23-32(47-49-34)26-8-2-1-3-9-26)25-12-14-27(15-13-25)33-24-35(50-48-33)41(56)45-18-6-16-43-37(52)20-28-10-4-5-11-36(28)51/h1-5,8-15,21-24,51,53H,6-7,16-20H2,(H,43,52)(H,44,54)(H,45,56)(H,46,55)(H,47,49)(H,48,50). The summed E-state index contributed by atoms with van der Waals surface area (Å²) in [6.45, 7) is 1.03. The van der Waals surface area contributed by atoms with Gasteiger partial charge < -0.3 is 31.5 Å². The number of rotatable bonds is 16. The molecule has 8 N–H and O–H groups in total. The molecule has 6 rings (SSSR count). The van der Waals surface area contributed by atoms with Crippen LogP contribution < -0.4 is 21.3 Å². The predicted octanol–water partition coefficient (Wildman–Crippen LogP) is 4.71. The normalized spacial score (nSPS) is 10.8. The summed E-state index contributed by atoms with van der Waals surface area (Å²) in [6, 6.07) is 28.1. The number of nitrogens with one attached hydrogen (secondary N) is 6. The molecule has 2 aromatic heterocycles. The monoisotopic (exact) mass is 758 g/mol. The molecular formula is C41H39FN8O6. The van der Waals surface area contributed by atoms with E-state index in [-0.39, 0.29) is 59.6 Å². The fourth-order valence-corrected chi connectivity index (χ4v) is 5.79. The highest BCUT2D eigenvalue weighted by Gasteiger charge is 2.19. The quantitative estimate of drug-likeness (QED) is 0.0646. The van der Waals surface area contributed by atoms with E-state index in [9.17, 15) is 33.8 Å². The largest absolute Gasteiger partial charge is 0.508 e. The number of para-hydroxylation sites is 1. The van der Waals surface area contributed by atoms with Gasteiger partial charge in [-0.05, 0) is 59.9 Å². The summed E-state index contributed by atoms with van der Waals surface area (Å²) in [6.07, 6.45) is 0.905. The van der Waals surface area contributed by atoms with Gasteiger partial charge in [0.25, 0.3) is 17.7 Å². The Labute approximate surface area is 320 Å². The third kappa shape index (κ3) is 9.82. The summed E-state index contributed by atoms with van der Waals surface area (Å²) >= 11 is 0. The van der Waals surface area contributed by atoms with Crippen LogP contribution in [-0.2, 0) is 11.2 Å². The first-order valence-corrected chi connectivity index (χ1v) is 17.8. The van der Waals surface area contributed by atoms with Gasteiger partial charge in [-0.2, -0.15) is 10.2 Å². The lowest BCUT2D eigenvalue weighted by atomic mass is 9.99. The van der Waals surface area contributed by atoms with Crippen LogP contribution in [0.3, 0.4) is 0 Å². The van der Waals surface area contributed by atoms with Crippen molar-refractivity contribution >= 4 is 23.6 Å². The fraction of sp³-hybridized carbons (Fsp3) is 0.171. The van der Waals surface area contributed by atoms with E-state index in [2.05, 4.69) is 41.7 Å². The lowest BCUT2D eigenvalue weighted by molar-refractivity contribution is -0.120. The number of H-pyrrole nitrogens is 2. The number of aromatic nitrogens is 4. The molecule has 14 nitrogen and oxygen atoms in total. The van der Waals surface area contributed by atoms with Gasteiger partial charge in [0.1, 0.15) is 17.3 Å². The van der Waals surface area contributed by atoms with Crippen LogP contribution in [0.4, 0.5) is 4.39 Å². The van der Waals surface area contributed by atoms with Crippen LogP contribution in [0.15, 0.2) is 103 Å². The average molecular weight is 759 g/mol. The summed E-state index contributed by atoms with van der Waals surface area (Å²) in [5.41, 5.74) is 4.04. The predicted molar refractivity (Wildman–Crippen MR) is 206 cm³/mol. The van der Waals surface area contributed by atoms with Crippen molar-refractivity contribution in [2.24, 2.45) is 0 Å². The van der Waals surface area contributed by atoms with Gasteiger partial charge in [0.2, 0.25) is 5.91 Å². The van der Waals surface area contributed by atoms with Crippen molar-refractivity contribution in [1.29, 1.82) is 0 Å². The highest BCUT2D eigenvalue weighted by Crippen LogP contribution is 2.34.